The molecule has 1 N–H and O–H groups in total. The van der Waals surface area contributed by atoms with Crippen LogP contribution in [-0.2, 0) is 4.79 Å². The van der Waals surface area contributed by atoms with Gasteiger partial charge in [-0.3, -0.25) is 4.79 Å². The number of tetrazole rings is 1. The molecule has 1 amide bonds. The predicted molar refractivity (Wildman–Crippen MR) is 102 cm³/mol. The van der Waals surface area contributed by atoms with Crippen LogP contribution in [0.3, 0.4) is 0 Å². The fourth-order valence-corrected chi connectivity index (χ4v) is 3.34. The minimum Gasteiger partial charge on any atom is -0.322 e. The lowest BCUT2D eigenvalue weighted by Crippen LogP contribution is -2.23. The number of anilines is 1. The number of nitrogens with one attached hydrogen (secondary N) is 1. The number of carbonyl (C=O) groups is 1. The molecule has 3 aromatic rings. The highest BCUT2D eigenvalue weighted by Gasteiger charge is 2.20. The molecule has 2 heterocycles. The molecule has 3 rings (SSSR count). The normalized spacial score (nSPS) is 12.0. The first-order valence-corrected chi connectivity index (χ1v) is 9.15. The van der Waals surface area contributed by atoms with Crippen molar-refractivity contribution >= 4 is 35.0 Å². The Morgan fingerprint density at radius 1 is 1.31 bits per heavy atom. The van der Waals surface area contributed by atoms with E-state index < -0.39 is 5.25 Å². The Labute approximate surface area is 160 Å². The van der Waals surface area contributed by atoms with Gasteiger partial charge in [-0.25, -0.2) is 4.98 Å². The van der Waals surface area contributed by atoms with Gasteiger partial charge >= 0.3 is 0 Å². The van der Waals surface area contributed by atoms with Crippen molar-refractivity contribution < 1.29 is 4.79 Å². The molecule has 7 nitrogen and oxygen atoms in total. The Balaban J connectivity index is 1.76. The monoisotopic (exact) mass is 388 g/mol. The van der Waals surface area contributed by atoms with Crippen molar-refractivity contribution in [3.05, 3.63) is 52.8 Å². The van der Waals surface area contributed by atoms with Gasteiger partial charge < -0.3 is 5.32 Å². The first-order chi connectivity index (χ1) is 12.5. The minimum absolute atomic E-state index is 0.208. The molecule has 0 aliphatic carbocycles. The number of hydrogen-bond acceptors (Lipinski definition) is 6. The van der Waals surface area contributed by atoms with Crippen LogP contribution in [0.5, 0.6) is 0 Å². The molecule has 0 radical (unpaired) electrons. The topological polar surface area (TPSA) is 85.6 Å². The van der Waals surface area contributed by atoms with Crippen LogP contribution in [0.15, 0.2) is 41.7 Å². The molecule has 0 unspecified atom stereocenters. The molecule has 0 fully saturated rings. The Morgan fingerprint density at radius 2 is 2.12 bits per heavy atom. The van der Waals surface area contributed by atoms with E-state index in [-0.39, 0.29) is 11.1 Å². The van der Waals surface area contributed by atoms with Gasteiger partial charge in [-0.1, -0.05) is 41.1 Å². The number of rotatable bonds is 5. The van der Waals surface area contributed by atoms with Crippen molar-refractivity contribution in [1.29, 1.82) is 0 Å². The zero-order valence-corrected chi connectivity index (χ0v) is 16.0. The summed E-state index contributed by atoms with van der Waals surface area (Å²) in [6.07, 6.45) is 1.56. The predicted octanol–water partition coefficient (Wildman–Crippen LogP) is 3.45. The van der Waals surface area contributed by atoms with Gasteiger partial charge in [0.05, 0.1) is 16.6 Å². The fraction of sp³-hybridized carbons (Fsp3) is 0.235. The number of benzene rings is 1. The van der Waals surface area contributed by atoms with E-state index in [1.165, 1.54) is 11.8 Å². The number of halogens is 1. The highest BCUT2D eigenvalue weighted by Crippen LogP contribution is 2.26. The van der Waals surface area contributed by atoms with Crippen LogP contribution in [0.4, 0.5) is 5.69 Å². The van der Waals surface area contributed by atoms with Crippen LogP contribution in [0.25, 0.3) is 5.69 Å². The third-order valence-corrected chi connectivity index (χ3v) is 5.02. The molecule has 1 atom stereocenters. The Kier molecular flexibility index (Phi) is 5.53. The maximum Gasteiger partial charge on any atom is 0.237 e. The second kappa shape index (κ2) is 7.84. The lowest BCUT2D eigenvalue weighted by molar-refractivity contribution is -0.115. The Hall–Kier alpha value is -2.45. The molecule has 134 valence electrons. The first kappa shape index (κ1) is 18.3. The van der Waals surface area contributed by atoms with E-state index in [9.17, 15) is 4.79 Å². The molecule has 2 aromatic heterocycles. The van der Waals surface area contributed by atoms with E-state index >= 15 is 0 Å². The van der Waals surface area contributed by atoms with Gasteiger partial charge in [0.1, 0.15) is 0 Å². The molecular formula is C17H17ClN6OS. The van der Waals surface area contributed by atoms with E-state index in [0.717, 1.165) is 16.8 Å². The number of hydrogen-bond donors (Lipinski definition) is 1. The molecule has 0 bridgehead atoms. The van der Waals surface area contributed by atoms with Gasteiger partial charge in [0.25, 0.3) is 0 Å². The maximum absolute atomic E-state index is 12.5. The summed E-state index contributed by atoms with van der Waals surface area (Å²) in [5, 5.41) is 15.0. The second-order valence-corrected chi connectivity index (χ2v) is 7.42. The van der Waals surface area contributed by atoms with E-state index in [0.29, 0.717) is 10.8 Å². The van der Waals surface area contributed by atoms with Gasteiger partial charge in [-0.2, -0.15) is 4.68 Å². The summed E-state index contributed by atoms with van der Waals surface area (Å²) in [5.41, 5.74) is 3.57. The Morgan fingerprint density at radius 3 is 2.85 bits per heavy atom. The highest BCUT2D eigenvalue weighted by atomic mass is 35.5. The number of aryl methyl sites for hydroxylation is 2. The first-order valence-electron chi connectivity index (χ1n) is 7.89. The number of pyridine rings is 1. The van der Waals surface area contributed by atoms with Crippen LogP contribution in [0.2, 0.25) is 5.15 Å². The smallest absolute Gasteiger partial charge is 0.237 e. The molecule has 0 aliphatic heterocycles. The SMILES string of the molecule is Cc1ccc(-n2nnnc2S[C@@H](C)C(=O)Nc2cccnc2Cl)c(C)c1. The fourth-order valence-electron chi connectivity index (χ4n) is 2.37. The molecule has 1 aromatic carbocycles. The van der Waals surface area contributed by atoms with Crippen LogP contribution in [0, 0.1) is 13.8 Å². The molecule has 0 saturated carbocycles. The van der Waals surface area contributed by atoms with Crippen molar-refractivity contribution in [2.24, 2.45) is 0 Å². The summed E-state index contributed by atoms with van der Waals surface area (Å²) < 4.78 is 1.64. The van der Waals surface area contributed by atoms with Crippen molar-refractivity contribution in [2.45, 2.75) is 31.2 Å². The van der Waals surface area contributed by atoms with Gasteiger partial charge in [-0.15, -0.1) is 5.10 Å². The molecule has 0 saturated heterocycles. The summed E-state index contributed by atoms with van der Waals surface area (Å²) >= 11 is 7.25. The van der Waals surface area contributed by atoms with Crippen molar-refractivity contribution in [3.8, 4) is 5.69 Å². The van der Waals surface area contributed by atoms with Crippen molar-refractivity contribution in [1.82, 2.24) is 25.2 Å². The van der Waals surface area contributed by atoms with Crippen molar-refractivity contribution in [2.75, 3.05) is 5.32 Å². The average molecular weight is 389 g/mol. The average Bonchev–Trinajstić information content (AvgIpc) is 3.04. The van der Waals surface area contributed by atoms with Gasteiger partial charge in [0.15, 0.2) is 5.15 Å². The largest absolute Gasteiger partial charge is 0.322 e. The standard InChI is InChI=1S/C17H17ClN6OS/c1-10-6-7-14(11(2)9-10)24-17(21-22-23-24)26-12(3)16(25)20-13-5-4-8-19-15(13)18/h4-9,12H,1-3H3,(H,20,25)/t12-/m0/s1. The van der Waals surface area contributed by atoms with Gasteiger partial charge in [-0.05, 0) is 55.0 Å². The van der Waals surface area contributed by atoms with E-state index in [1.54, 1.807) is 29.9 Å². The lowest BCUT2D eigenvalue weighted by Gasteiger charge is -2.13. The molecule has 26 heavy (non-hydrogen) atoms. The zero-order valence-electron chi connectivity index (χ0n) is 14.5. The molecule has 0 spiro atoms. The third kappa shape index (κ3) is 4.03. The third-order valence-electron chi connectivity index (χ3n) is 3.69. The van der Waals surface area contributed by atoms with E-state index in [4.69, 9.17) is 11.6 Å². The number of thioether (sulfide) groups is 1. The number of carbonyl (C=O) groups excluding carboxylic acids is 1. The molecule has 9 heteroatoms. The number of nitrogens with zero attached hydrogens (tertiary/aromatic N) is 5. The minimum atomic E-state index is -0.429. The summed E-state index contributed by atoms with van der Waals surface area (Å²) in [7, 11) is 0. The van der Waals surface area contributed by atoms with Crippen LogP contribution in [-0.4, -0.2) is 36.3 Å². The van der Waals surface area contributed by atoms with Gasteiger partial charge in [0, 0.05) is 6.20 Å². The van der Waals surface area contributed by atoms with Gasteiger partial charge in [0.2, 0.25) is 11.1 Å². The quantitative estimate of drug-likeness (QED) is 0.532. The van der Waals surface area contributed by atoms with Crippen LogP contribution >= 0.6 is 23.4 Å². The Bertz CT molecular complexity index is 945. The van der Waals surface area contributed by atoms with Crippen LogP contribution in [0.1, 0.15) is 18.1 Å². The number of aromatic nitrogens is 5. The molecular weight excluding hydrogens is 372 g/mol. The number of amides is 1. The maximum atomic E-state index is 12.5. The molecule has 0 aliphatic rings. The summed E-state index contributed by atoms with van der Waals surface area (Å²) in [6.45, 7) is 5.81. The van der Waals surface area contributed by atoms with Crippen molar-refractivity contribution in [3.63, 3.8) is 0 Å². The highest BCUT2D eigenvalue weighted by molar-refractivity contribution is 8.00. The second-order valence-electron chi connectivity index (χ2n) is 5.75. The van der Waals surface area contributed by atoms with E-state index in [2.05, 4.69) is 31.9 Å². The zero-order chi connectivity index (χ0) is 18.7. The summed E-state index contributed by atoms with van der Waals surface area (Å²) in [5.74, 6) is -0.208. The summed E-state index contributed by atoms with van der Waals surface area (Å²) in [4.78, 5) is 16.4. The van der Waals surface area contributed by atoms with Crippen LogP contribution < -0.4 is 5.32 Å². The van der Waals surface area contributed by atoms with E-state index in [1.807, 2.05) is 26.0 Å². The lowest BCUT2D eigenvalue weighted by atomic mass is 10.1. The summed E-state index contributed by atoms with van der Waals surface area (Å²) in [6, 6.07) is 9.43.